The molecule has 0 bridgehead atoms. The van der Waals surface area contributed by atoms with Crippen molar-refractivity contribution in [2.24, 2.45) is 23.7 Å². The number of halogens is 2. The van der Waals surface area contributed by atoms with Crippen LogP contribution in [0.1, 0.15) is 153 Å². The molecule has 0 spiro atoms. The number of amides is 2. The van der Waals surface area contributed by atoms with E-state index in [4.69, 9.17) is 24.6 Å². The number of nitrogen functional groups attached to an aromatic ring is 2. The van der Waals surface area contributed by atoms with Crippen molar-refractivity contribution in [3.63, 3.8) is 0 Å². The van der Waals surface area contributed by atoms with Gasteiger partial charge in [0.2, 0.25) is 62.3 Å². The van der Waals surface area contributed by atoms with Crippen LogP contribution in [0.25, 0.3) is 76.3 Å². The first kappa shape index (κ1) is 91.8. The van der Waals surface area contributed by atoms with E-state index < -0.39 is 38.1 Å². The first-order valence-corrected chi connectivity index (χ1v) is 48.5. The van der Waals surface area contributed by atoms with Gasteiger partial charge in [0.05, 0.1) is 243 Å². The SMILES string of the molecule is CS(=O)(=O)Cl.CS(=O)(=O)Cl.CS(=O)(=O)Nc1cc2c(-c3cnn(C(CC#N)C4CCCC4)c3)c(NC=O)cnn2c1.N#CCC(C1CCCC1)n1cc(-c2c(NC=O)cnn3cc(N)cc23)cn1.[C-]#[N+]c1cnn2cc(N)cc2c1-c1cnn(C(CC#N)C2CCCC2)c1.[C-]#[N+]c1cnn2cc(NS(C)(=O)=O)cc2c1-c1cnn(C(CC#N)C2CCCC2)c1. The number of nitrogens with zero attached hydrogens (tertiary/aromatic N) is 22. The lowest BCUT2D eigenvalue weighted by Gasteiger charge is -2.21. The van der Waals surface area contributed by atoms with Gasteiger partial charge in [0.1, 0.15) is 0 Å². The molecule has 4 fully saturated rings. The molecule has 12 aromatic heterocycles. The Balaban J connectivity index is 0.000000155. The fraction of sp³-hybridized carbons (Fsp3) is 0.400. The van der Waals surface area contributed by atoms with Crippen LogP contribution in [0.5, 0.6) is 0 Å². The van der Waals surface area contributed by atoms with Crippen LogP contribution in [0.3, 0.4) is 0 Å². The van der Waals surface area contributed by atoms with E-state index in [-0.39, 0.29) is 24.2 Å². The zero-order valence-electron chi connectivity index (χ0n) is 67.9. The van der Waals surface area contributed by atoms with Crippen molar-refractivity contribution >= 4 is 140 Å². The third kappa shape index (κ3) is 23.9. The first-order chi connectivity index (χ1) is 59.2. The highest BCUT2D eigenvalue weighted by atomic mass is 35.7. The summed E-state index contributed by atoms with van der Waals surface area (Å²) in [6.07, 6.45) is 52.6. The highest BCUT2D eigenvalue weighted by Crippen LogP contribution is 2.45. The zero-order chi connectivity index (χ0) is 89.2. The number of carbonyl (C=O) groups is 2. The van der Waals surface area contributed by atoms with Gasteiger partial charge in [-0.25, -0.2) is 61.4 Å². The summed E-state index contributed by atoms with van der Waals surface area (Å²) < 4.78 is 103. The van der Waals surface area contributed by atoms with Gasteiger partial charge in [-0.15, -0.1) is 0 Å². The van der Waals surface area contributed by atoms with Crippen LogP contribution in [0.15, 0.2) is 123 Å². The first-order valence-electron chi connectivity index (χ1n) is 39.3. The molecule has 0 radical (unpaired) electrons. The average molecular weight is 1800 g/mol. The second-order valence-corrected chi connectivity index (χ2v) is 40.2. The summed E-state index contributed by atoms with van der Waals surface area (Å²) >= 11 is 0. The van der Waals surface area contributed by atoms with Crippen molar-refractivity contribution in [3.05, 3.63) is 146 Å². The van der Waals surface area contributed by atoms with Gasteiger partial charge in [0.25, 0.3) is 0 Å². The highest BCUT2D eigenvalue weighted by Gasteiger charge is 2.33. The molecule has 12 aromatic rings. The summed E-state index contributed by atoms with van der Waals surface area (Å²) in [5, 5.41) is 77.7. The number of hydrogen-bond donors (Lipinski definition) is 6. The van der Waals surface area contributed by atoms with E-state index in [1.165, 1.54) is 63.8 Å². The van der Waals surface area contributed by atoms with Crippen LogP contribution in [0.2, 0.25) is 0 Å². The van der Waals surface area contributed by atoms with Gasteiger partial charge in [-0.05, 0) is 99.3 Å². The zero-order valence-corrected chi connectivity index (χ0v) is 72.7. The Morgan fingerprint density at radius 3 is 0.927 bits per heavy atom. The predicted molar refractivity (Wildman–Crippen MR) is 470 cm³/mol. The van der Waals surface area contributed by atoms with E-state index in [9.17, 15) is 64.3 Å². The normalized spacial score (nSPS) is 15.4. The molecule has 8 N–H and O–H groups in total. The van der Waals surface area contributed by atoms with Crippen LogP contribution in [0, 0.1) is 82.1 Å². The summed E-state index contributed by atoms with van der Waals surface area (Å²) in [5.74, 6) is 1.81. The minimum atomic E-state index is -3.46. The maximum atomic E-state index is 11.6. The third-order valence-corrected chi connectivity index (χ3v) is 22.9. The number of fused-ring (bicyclic) bond motifs is 4. The Labute approximate surface area is 724 Å². The Morgan fingerprint density at radius 1 is 0.411 bits per heavy atom. The van der Waals surface area contributed by atoms with E-state index in [0.717, 1.165) is 121 Å². The molecule has 4 atom stereocenters. The Kier molecular flexibility index (Phi) is 30.2. The van der Waals surface area contributed by atoms with Crippen LogP contribution < -0.4 is 31.5 Å². The molecule has 0 aliphatic heterocycles. The molecular formula is C80H90Cl2N28O10S4. The Hall–Kier alpha value is -12.9. The third-order valence-electron chi connectivity index (χ3n) is 21.7. The largest absolute Gasteiger partial charge is 0.397 e. The number of aromatic nitrogens is 16. The molecule has 124 heavy (non-hydrogen) atoms. The molecule has 0 saturated heterocycles. The van der Waals surface area contributed by atoms with E-state index >= 15 is 0 Å². The summed E-state index contributed by atoms with van der Waals surface area (Å²) in [5.41, 5.74) is 24.5. The van der Waals surface area contributed by atoms with Gasteiger partial charge in [-0.2, -0.15) is 61.8 Å². The van der Waals surface area contributed by atoms with Crippen LogP contribution in [-0.2, 0) is 47.7 Å². The molecule has 12 heterocycles. The lowest BCUT2D eigenvalue weighted by Crippen LogP contribution is -2.17. The van der Waals surface area contributed by atoms with E-state index in [0.29, 0.717) is 130 Å². The average Bonchev–Trinajstić information content (AvgIpc) is 1.63. The topological polar surface area (TPSA) is 515 Å². The van der Waals surface area contributed by atoms with Crippen LogP contribution in [-0.4, -0.2) is 149 Å². The van der Waals surface area contributed by atoms with Crippen molar-refractivity contribution in [2.45, 2.75) is 153 Å². The number of carbonyl (C=O) groups excluding carboxylic acids is 2. The minimum absolute atomic E-state index is 0.00386. The van der Waals surface area contributed by atoms with Crippen LogP contribution >= 0.6 is 21.4 Å². The minimum Gasteiger partial charge on any atom is -0.397 e. The molecule has 4 unspecified atom stereocenters. The Bertz CT molecular complexity index is 6560. The summed E-state index contributed by atoms with van der Waals surface area (Å²) in [7, 11) is -4.28. The number of anilines is 6. The second kappa shape index (κ2) is 40.8. The summed E-state index contributed by atoms with van der Waals surface area (Å²) in [6, 6.07) is 16.3. The number of nitriles is 4. The standard InChI is InChI=1S/C20H23N7O3S.C20H21N7O2S.C19H21N7O.C19H19N7.2CH3ClO2S/c1-31(29,30)25-16-8-19-20(17(22-13-28)10-24-27(19)12-16)15-9-23-26(11-15)18(6-7-21)14-4-2-3-5-14;1-22-17-11-24-27-13-16(25-30(2,28)29)9-19(27)20(17)15-10-23-26(12-15)18(7-8-21)14-5-3-4-6-14;20-6-5-17(13-3-1-2-4-13)25-10-14(8-23-25)19-16(22-12-27)9-24-26-11-15(21)7-18(19)26;1-22-16-10-24-26-12-15(21)8-18(26)19(16)14-9-23-25(11-14)17(6-7-20)13-4-2-3-5-13;2*1-5(2,3)4/h8-14,18,25H,2-6H2,1H3,(H,22,28);9-14,18,25H,3-7H2,2H3;7-13,17H,1-5,21H2,(H,22,27);8-13,17H,2-6,21H2;2*1H3. The van der Waals surface area contributed by atoms with Crippen molar-refractivity contribution in [3.8, 4) is 68.8 Å². The predicted octanol–water partition coefficient (Wildman–Crippen LogP) is 13.9. The second-order valence-electron chi connectivity index (χ2n) is 30.6. The maximum Gasteiger partial charge on any atom is 0.229 e. The molecule has 0 aromatic carbocycles. The van der Waals surface area contributed by atoms with Gasteiger partial charge in [0, 0.05) is 90.7 Å². The highest BCUT2D eigenvalue weighted by molar-refractivity contribution is 8.13. The fourth-order valence-electron chi connectivity index (χ4n) is 16.7. The molecule has 4 aliphatic rings. The molecule has 2 amide bonds. The van der Waals surface area contributed by atoms with Gasteiger partial charge in [0.15, 0.2) is 0 Å². The number of sulfonamides is 2. The van der Waals surface area contributed by atoms with Gasteiger partial charge >= 0.3 is 0 Å². The van der Waals surface area contributed by atoms with Crippen molar-refractivity contribution < 1.29 is 43.3 Å². The van der Waals surface area contributed by atoms with Gasteiger partial charge in [-0.1, -0.05) is 51.4 Å². The van der Waals surface area contributed by atoms with Crippen LogP contribution in [0.4, 0.5) is 45.5 Å². The molecule has 16 rings (SSSR count). The maximum absolute atomic E-state index is 11.6. The number of nitrogens with two attached hydrogens (primary N) is 2. The number of rotatable bonds is 24. The molecule has 44 heteroatoms. The van der Waals surface area contributed by atoms with Crippen molar-refractivity contribution in [1.82, 2.24) is 77.6 Å². The van der Waals surface area contributed by atoms with E-state index in [1.807, 2.05) is 55.6 Å². The molecular weight excluding hydrogens is 1710 g/mol. The smallest absolute Gasteiger partial charge is 0.229 e. The van der Waals surface area contributed by atoms with Gasteiger partial charge < -0.3 is 22.1 Å². The van der Waals surface area contributed by atoms with Gasteiger partial charge in [-0.3, -0.25) is 37.8 Å². The summed E-state index contributed by atoms with van der Waals surface area (Å²) in [4.78, 5) is 29.4. The molecule has 4 saturated carbocycles. The molecule has 4 aliphatic carbocycles. The quantitative estimate of drug-likeness (QED) is 0.0186. The lowest BCUT2D eigenvalue weighted by molar-refractivity contribution is -0.106. The monoisotopic (exact) mass is 1800 g/mol. The molecule has 648 valence electrons. The van der Waals surface area contributed by atoms with E-state index in [1.54, 1.807) is 92.2 Å². The lowest BCUT2D eigenvalue weighted by atomic mass is 9.96. The summed E-state index contributed by atoms with van der Waals surface area (Å²) in [6.45, 7) is 15.0. The Morgan fingerprint density at radius 2 is 0.661 bits per heavy atom. The fourth-order valence-corrected chi connectivity index (χ4v) is 17.8. The van der Waals surface area contributed by atoms with Crippen molar-refractivity contribution in [1.29, 1.82) is 21.0 Å². The number of nitrogens with one attached hydrogen (secondary N) is 4. The van der Waals surface area contributed by atoms with E-state index in [2.05, 4.69) is 116 Å². The molecule has 38 nitrogen and oxygen atoms in total. The van der Waals surface area contributed by atoms with Crippen molar-refractivity contribution in [2.75, 3.05) is 56.6 Å². The number of hydrogen-bond acceptors (Lipinski definition) is 24.